The lowest BCUT2D eigenvalue weighted by Gasteiger charge is -2.16. The fraction of sp³-hybridized carbons (Fsp3) is 0.222. The fourth-order valence-electron chi connectivity index (χ4n) is 2.50. The number of aliphatic imine (C=N–C) groups is 2. The molecule has 0 bridgehead atoms. The molecule has 1 aromatic carbocycles. The molecule has 1 atom stereocenters. The first-order valence-electron chi connectivity index (χ1n) is 8.67. The summed E-state index contributed by atoms with van der Waals surface area (Å²) in [4.78, 5) is 35.6. The molecule has 0 fully saturated rings. The van der Waals surface area contributed by atoms with Crippen molar-refractivity contribution in [2.24, 2.45) is 15.7 Å². The van der Waals surface area contributed by atoms with Gasteiger partial charge in [-0.05, 0) is 31.8 Å². The lowest BCUT2D eigenvalue weighted by molar-refractivity contribution is -0.274. The van der Waals surface area contributed by atoms with Gasteiger partial charge in [0.25, 0.3) is 11.8 Å². The third kappa shape index (κ3) is 6.47. The molecule has 2 aromatic rings. The zero-order valence-electron chi connectivity index (χ0n) is 16.7. The summed E-state index contributed by atoms with van der Waals surface area (Å²) < 4.78 is 42.8. The van der Waals surface area contributed by atoms with Crippen molar-refractivity contribution in [3.63, 3.8) is 0 Å². The number of halogens is 4. The highest BCUT2D eigenvalue weighted by Gasteiger charge is 2.31. The molecular formula is C18H17BrF3N7O3. The summed E-state index contributed by atoms with van der Waals surface area (Å²) in [5, 5.41) is 6.59. The second kappa shape index (κ2) is 10.2. The molecule has 10 nitrogen and oxygen atoms in total. The van der Waals surface area contributed by atoms with Crippen molar-refractivity contribution in [2.75, 3.05) is 7.05 Å². The van der Waals surface area contributed by atoms with Gasteiger partial charge in [-0.2, -0.15) is 9.78 Å². The van der Waals surface area contributed by atoms with E-state index in [1.807, 2.05) is 0 Å². The van der Waals surface area contributed by atoms with Crippen molar-refractivity contribution < 1.29 is 27.5 Å². The van der Waals surface area contributed by atoms with Crippen LogP contribution in [0.5, 0.6) is 5.75 Å². The molecule has 170 valence electrons. The van der Waals surface area contributed by atoms with E-state index in [0.29, 0.717) is 0 Å². The van der Waals surface area contributed by atoms with E-state index in [4.69, 9.17) is 5.73 Å². The topological polar surface area (TPSA) is 137 Å². The molecule has 3 N–H and O–H groups in total. The van der Waals surface area contributed by atoms with E-state index in [9.17, 15) is 22.8 Å². The van der Waals surface area contributed by atoms with E-state index in [2.05, 4.69) is 52.8 Å². The zero-order chi connectivity index (χ0) is 24.1. The van der Waals surface area contributed by atoms with E-state index < -0.39 is 30.0 Å². The molecule has 0 aliphatic heterocycles. The number of alkyl halides is 3. The van der Waals surface area contributed by atoms with Crippen molar-refractivity contribution in [3.05, 3.63) is 46.5 Å². The molecule has 0 saturated carbocycles. The van der Waals surface area contributed by atoms with Crippen LogP contribution >= 0.6 is 15.9 Å². The largest absolute Gasteiger partial charge is 0.573 e. The standard InChI is InChI=1S/C18H17BrF3N7O3/c1-9(16-26-8-27-29(16)14(25-3)7-13(24-2)15(23)30)28-17(31)10-4-11(19)6-12(5-10)32-18(20,21)22/h4-9H,3H2,1-2H3,(H2,23,30)(H,28,31)/b14-7+,24-13+/t9-/m0/s1. The monoisotopic (exact) mass is 515 g/mol. The number of ether oxygens (including phenoxy) is 1. The number of rotatable bonds is 8. The number of benzene rings is 1. The molecule has 32 heavy (non-hydrogen) atoms. The van der Waals surface area contributed by atoms with Crippen LogP contribution in [0.3, 0.4) is 0 Å². The van der Waals surface area contributed by atoms with Gasteiger partial charge in [-0.15, -0.1) is 13.2 Å². The highest BCUT2D eigenvalue weighted by atomic mass is 79.9. The van der Waals surface area contributed by atoms with Crippen LogP contribution in [0.4, 0.5) is 13.2 Å². The number of hydrogen-bond donors (Lipinski definition) is 2. The summed E-state index contributed by atoms with van der Waals surface area (Å²) in [5.41, 5.74) is 5.04. The van der Waals surface area contributed by atoms with Gasteiger partial charge < -0.3 is 15.8 Å². The van der Waals surface area contributed by atoms with E-state index in [0.717, 1.165) is 12.1 Å². The minimum atomic E-state index is -4.91. The molecule has 14 heteroatoms. The second-order valence-electron chi connectivity index (χ2n) is 6.08. The Balaban J connectivity index is 2.30. The van der Waals surface area contributed by atoms with E-state index in [1.54, 1.807) is 6.92 Å². The first-order chi connectivity index (χ1) is 14.9. The third-order valence-electron chi connectivity index (χ3n) is 3.81. The van der Waals surface area contributed by atoms with Crippen molar-refractivity contribution in [1.82, 2.24) is 20.1 Å². The van der Waals surface area contributed by atoms with Crippen LogP contribution in [0, 0.1) is 0 Å². The summed E-state index contributed by atoms with van der Waals surface area (Å²) in [6, 6.07) is 2.56. The number of nitrogens with one attached hydrogen (secondary N) is 1. The summed E-state index contributed by atoms with van der Waals surface area (Å²) >= 11 is 3.05. The molecule has 0 aliphatic rings. The molecule has 0 unspecified atom stereocenters. The van der Waals surface area contributed by atoms with Crippen molar-refractivity contribution in [1.29, 1.82) is 0 Å². The average molecular weight is 516 g/mol. The number of nitrogens with zero attached hydrogens (tertiary/aromatic N) is 5. The lowest BCUT2D eigenvalue weighted by atomic mass is 10.2. The Labute approximate surface area is 188 Å². The minimum absolute atomic E-state index is 0.0568. The maximum Gasteiger partial charge on any atom is 0.573 e. The van der Waals surface area contributed by atoms with Gasteiger partial charge in [0.1, 0.15) is 17.8 Å². The number of primary amides is 1. The number of carbonyl (C=O) groups excluding carboxylic acids is 2. The summed E-state index contributed by atoms with van der Waals surface area (Å²) in [7, 11) is 1.36. The molecular weight excluding hydrogens is 499 g/mol. The SMILES string of the molecule is C=N/C(=C\C(=N/C)C(N)=O)n1ncnc1[C@H](C)NC(=O)c1cc(Br)cc(OC(F)(F)F)c1. The number of amides is 2. The average Bonchev–Trinajstić information content (AvgIpc) is 3.16. The summed E-state index contributed by atoms with van der Waals surface area (Å²) in [6.07, 6.45) is -2.50. The first kappa shape index (κ1) is 24.7. The van der Waals surface area contributed by atoms with Crippen LogP contribution in [-0.2, 0) is 4.79 Å². The van der Waals surface area contributed by atoms with Crippen LogP contribution in [0.2, 0.25) is 0 Å². The number of nitrogens with two attached hydrogens (primary N) is 1. The molecule has 1 heterocycles. The molecule has 0 aliphatic carbocycles. The molecule has 0 spiro atoms. The smallest absolute Gasteiger partial charge is 0.406 e. The second-order valence-corrected chi connectivity index (χ2v) is 7.00. The van der Waals surface area contributed by atoms with Gasteiger partial charge in [0.15, 0.2) is 11.6 Å². The Hall–Kier alpha value is -3.55. The van der Waals surface area contributed by atoms with Crippen LogP contribution in [0.25, 0.3) is 5.82 Å². The highest BCUT2D eigenvalue weighted by molar-refractivity contribution is 9.10. The van der Waals surface area contributed by atoms with Gasteiger partial charge in [-0.25, -0.2) is 9.98 Å². The van der Waals surface area contributed by atoms with Gasteiger partial charge in [0.05, 0.1) is 6.04 Å². The number of carbonyl (C=O) groups is 2. The Morgan fingerprint density at radius 3 is 2.62 bits per heavy atom. The van der Waals surface area contributed by atoms with Crippen LogP contribution in [0.1, 0.15) is 29.1 Å². The van der Waals surface area contributed by atoms with E-state index >= 15 is 0 Å². The number of hydrogen-bond acceptors (Lipinski definition) is 7. The first-order valence-corrected chi connectivity index (χ1v) is 9.47. The maximum absolute atomic E-state index is 12.6. The van der Waals surface area contributed by atoms with Gasteiger partial charge in [0, 0.05) is 23.2 Å². The van der Waals surface area contributed by atoms with Crippen molar-refractivity contribution in [3.8, 4) is 5.75 Å². The summed E-state index contributed by atoms with van der Waals surface area (Å²) in [6.45, 7) is 4.97. The Morgan fingerprint density at radius 1 is 1.38 bits per heavy atom. The van der Waals surface area contributed by atoms with Crippen LogP contribution in [-0.4, -0.2) is 52.4 Å². The summed E-state index contributed by atoms with van der Waals surface area (Å²) in [5.74, 6) is -1.82. The highest BCUT2D eigenvalue weighted by Crippen LogP contribution is 2.27. The lowest BCUT2D eigenvalue weighted by Crippen LogP contribution is -2.29. The van der Waals surface area contributed by atoms with Crippen LogP contribution in [0.15, 0.2) is 45.1 Å². The van der Waals surface area contributed by atoms with Gasteiger partial charge >= 0.3 is 6.36 Å². The third-order valence-corrected chi connectivity index (χ3v) is 4.27. The van der Waals surface area contributed by atoms with E-state index in [1.165, 1.54) is 30.2 Å². The normalized spacial score (nSPS) is 13.4. The predicted molar refractivity (Wildman–Crippen MR) is 113 cm³/mol. The zero-order valence-corrected chi connectivity index (χ0v) is 18.3. The Kier molecular flexibility index (Phi) is 7.86. The molecule has 0 saturated heterocycles. The van der Waals surface area contributed by atoms with E-state index in [-0.39, 0.29) is 27.4 Å². The molecule has 0 radical (unpaired) electrons. The van der Waals surface area contributed by atoms with Crippen LogP contribution < -0.4 is 15.8 Å². The maximum atomic E-state index is 12.6. The van der Waals surface area contributed by atoms with Gasteiger partial charge in [-0.1, -0.05) is 15.9 Å². The molecule has 2 rings (SSSR count). The van der Waals surface area contributed by atoms with Crippen molar-refractivity contribution >= 4 is 46.0 Å². The quantitative estimate of drug-likeness (QED) is 0.520. The predicted octanol–water partition coefficient (Wildman–Crippen LogP) is 2.49. The van der Waals surface area contributed by atoms with Gasteiger partial charge in [0.2, 0.25) is 0 Å². The fourth-order valence-corrected chi connectivity index (χ4v) is 2.97. The molecule has 2 amide bonds. The Bertz CT molecular complexity index is 1100. The van der Waals surface area contributed by atoms with Crippen molar-refractivity contribution in [2.45, 2.75) is 19.3 Å². The minimum Gasteiger partial charge on any atom is -0.406 e. The number of aromatic nitrogens is 3. The van der Waals surface area contributed by atoms with Gasteiger partial charge in [-0.3, -0.25) is 14.6 Å². The Morgan fingerprint density at radius 2 is 2.06 bits per heavy atom. The molecule has 1 aromatic heterocycles.